The molecule has 0 unspecified atom stereocenters. The lowest BCUT2D eigenvalue weighted by Gasteiger charge is -2.15. The van der Waals surface area contributed by atoms with Gasteiger partial charge in [-0.05, 0) is 21.0 Å². The number of hydrogen-bond acceptors (Lipinski definition) is 2. The monoisotopic (exact) mass is 112 g/mol. The third-order valence-electron chi connectivity index (χ3n) is 1.27. The summed E-state index contributed by atoms with van der Waals surface area (Å²) in [6, 6.07) is 2.50. The number of hydrogen-bond donors (Lipinski definition) is 0. The first-order chi connectivity index (χ1) is 3.68. The van der Waals surface area contributed by atoms with E-state index in [0.29, 0.717) is 12.5 Å². The van der Waals surface area contributed by atoms with Gasteiger partial charge in [0, 0.05) is 6.04 Å². The molecule has 0 aromatic carbocycles. The largest absolute Gasteiger partial charge is 0.306 e. The predicted molar refractivity (Wildman–Crippen MR) is 33.4 cm³/mol. The van der Waals surface area contributed by atoms with Crippen molar-refractivity contribution in [2.24, 2.45) is 0 Å². The van der Waals surface area contributed by atoms with Gasteiger partial charge in [0.2, 0.25) is 0 Å². The second-order valence-electron chi connectivity index (χ2n) is 2.17. The zero-order valence-electron chi connectivity index (χ0n) is 5.68. The molecule has 0 fully saturated rings. The lowest BCUT2D eigenvalue weighted by atomic mass is 10.2. The fourth-order valence-corrected chi connectivity index (χ4v) is 0.315. The highest BCUT2D eigenvalue weighted by molar-refractivity contribution is 4.76. The van der Waals surface area contributed by atoms with Gasteiger partial charge in [-0.15, -0.1) is 0 Å². The van der Waals surface area contributed by atoms with Gasteiger partial charge in [0.1, 0.15) is 0 Å². The number of nitriles is 1. The van der Waals surface area contributed by atoms with E-state index in [1.807, 2.05) is 25.9 Å². The van der Waals surface area contributed by atoms with Crippen LogP contribution in [0.15, 0.2) is 0 Å². The second kappa shape index (κ2) is 3.45. The molecule has 0 radical (unpaired) electrons. The normalized spacial score (nSPS) is 13.4. The maximum absolute atomic E-state index is 8.21. The Hall–Kier alpha value is -0.550. The summed E-state index contributed by atoms with van der Waals surface area (Å²) < 4.78 is 0. The van der Waals surface area contributed by atoms with Crippen LogP contribution in [0.5, 0.6) is 0 Å². The SMILES string of the molecule is C[C@@H](CC#N)N(C)C. The molecule has 0 aliphatic rings. The highest BCUT2D eigenvalue weighted by atomic mass is 15.1. The van der Waals surface area contributed by atoms with Crippen molar-refractivity contribution < 1.29 is 0 Å². The molecule has 1 atom stereocenters. The summed E-state index contributed by atoms with van der Waals surface area (Å²) in [6.07, 6.45) is 0.618. The van der Waals surface area contributed by atoms with Crippen LogP contribution in [-0.2, 0) is 0 Å². The van der Waals surface area contributed by atoms with E-state index in [1.54, 1.807) is 0 Å². The molecule has 0 saturated carbocycles. The van der Waals surface area contributed by atoms with Crippen molar-refractivity contribution >= 4 is 0 Å². The fraction of sp³-hybridized carbons (Fsp3) is 0.833. The van der Waals surface area contributed by atoms with Crippen LogP contribution in [0.2, 0.25) is 0 Å². The van der Waals surface area contributed by atoms with E-state index in [9.17, 15) is 0 Å². The molecule has 0 saturated heterocycles. The Morgan fingerprint density at radius 3 is 2.25 bits per heavy atom. The van der Waals surface area contributed by atoms with Crippen LogP contribution in [-0.4, -0.2) is 25.0 Å². The molecule has 8 heavy (non-hydrogen) atoms. The van der Waals surface area contributed by atoms with Crippen molar-refractivity contribution in [3.05, 3.63) is 0 Å². The van der Waals surface area contributed by atoms with Crippen LogP contribution in [0.3, 0.4) is 0 Å². The first kappa shape index (κ1) is 7.45. The predicted octanol–water partition coefficient (Wildman–Crippen LogP) is 0.850. The van der Waals surface area contributed by atoms with Gasteiger partial charge in [0.25, 0.3) is 0 Å². The van der Waals surface area contributed by atoms with Crippen LogP contribution >= 0.6 is 0 Å². The molecule has 46 valence electrons. The Kier molecular flexibility index (Phi) is 3.21. The van der Waals surface area contributed by atoms with Crippen LogP contribution < -0.4 is 0 Å². The van der Waals surface area contributed by atoms with Gasteiger partial charge in [0.05, 0.1) is 12.5 Å². The van der Waals surface area contributed by atoms with E-state index in [-0.39, 0.29) is 0 Å². The molecular formula is C6H12N2. The molecule has 0 aromatic heterocycles. The van der Waals surface area contributed by atoms with E-state index in [1.165, 1.54) is 0 Å². The van der Waals surface area contributed by atoms with Gasteiger partial charge in [-0.25, -0.2) is 0 Å². The lowest BCUT2D eigenvalue weighted by Crippen LogP contribution is -2.23. The summed E-state index contributed by atoms with van der Waals surface area (Å²) in [5, 5.41) is 8.21. The van der Waals surface area contributed by atoms with Crippen molar-refractivity contribution in [1.82, 2.24) is 4.90 Å². The summed E-state index contributed by atoms with van der Waals surface area (Å²) in [4.78, 5) is 2.03. The van der Waals surface area contributed by atoms with Crippen molar-refractivity contribution in [3.63, 3.8) is 0 Å². The first-order valence-corrected chi connectivity index (χ1v) is 2.72. The minimum Gasteiger partial charge on any atom is -0.306 e. The summed E-state index contributed by atoms with van der Waals surface area (Å²) >= 11 is 0. The van der Waals surface area contributed by atoms with Gasteiger partial charge < -0.3 is 4.90 Å². The summed E-state index contributed by atoms with van der Waals surface area (Å²) in [6.45, 7) is 2.03. The van der Waals surface area contributed by atoms with Crippen molar-refractivity contribution in [2.45, 2.75) is 19.4 Å². The van der Waals surface area contributed by atoms with Crippen LogP contribution in [0.1, 0.15) is 13.3 Å². The minimum absolute atomic E-state index is 0.389. The second-order valence-corrected chi connectivity index (χ2v) is 2.17. The van der Waals surface area contributed by atoms with Gasteiger partial charge >= 0.3 is 0 Å². The number of rotatable bonds is 2. The van der Waals surface area contributed by atoms with E-state index in [0.717, 1.165) is 0 Å². The molecule has 2 heteroatoms. The maximum atomic E-state index is 8.21. The van der Waals surface area contributed by atoms with Crippen molar-refractivity contribution in [2.75, 3.05) is 14.1 Å². The standard InChI is InChI=1S/C6H12N2/c1-6(4-5-7)8(2)3/h6H,4H2,1-3H3/t6-/m0/s1. The Labute approximate surface area is 50.7 Å². The van der Waals surface area contributed by atoms with Gasteiger partial charge in [0.15, 0.2) is 0 Å². The van der Waals surface area contributed by atoms with E-state index >= 15 is 0 Å². The molecular weight excluding hydrogens is 100 g/mol. The highest BCUT2D eigenvalue weighted by Crippen LogP contribution is 1.94. The van der Waals surface area contributed by atoms with Crippen LogP contribution in [0.25, 0.3) is 0 Å². The molecule has 0 rings (SSSR count). The molecule has 0 spiro atoms. The average molecular weight is 112 g/mol. The molecule has 0 N–H and O–H groups in total. The molecule has 2 nitrogen and oxygen atoms in total. The minimum atomic E-state index is 0.389. The molecule has 0 amide bonds. The summed E-state index contributed by atoms with van der Waals surface area (Å²) in [5.74, 6) is 0. The summed E-state index contributed by atoms with van der Waals surface area (Å²) in [7, 11) is 3.95. The molecule has 0 bridgehead atoms. The summed E-state index contributed by atoms with van der Waals surface area (Å²) in [5.41, 5.74) is 0. The molecule has 0 aliphatic carbocycles. The molecule has 0 aliphatic heterocycles. The topological polar surface area (TPSA) is 27.0 Å². The maximum Gasteiger partial charge on any atom is 0.0638 e. The fourth-order valence-electron chi connectivity index (χ4n) is 0.315. The van der Waals surface area contributed by atoms with E-state index in [2.05, 4.69) is 6.07 Å². The van der Waals surface area contributed by atoms with E-state index in [4.69, 9.17) is 5.26 Å². The zero-order chi connectivity index (χ0) is 6.57. The Morgan fingerprint density at radius 1 is 1.62 bits per heavy atom. The lowest BCUT2D eigenvalue weighted by molar-refractivity contribution is 0.318. The van der Waals surface area contributed by atoms with Gasteiger partial charge in [-0.3, -0.25) is 0 Å². The molecule has 0 heterocycles. The average Bonchev–Trinajstić information content (AvgIpc) is 1.67. The number of nitrogens with zero attached hydrogens (tertiary/aromatic N) is 2. The Balaban J connectivity index is 3.35. The quantitative estimate of drug-likeness (QED) is 0.529. The third-order valence-corrected chi connectivity index (χ3v) is 1.27. The smallest absolute Gasteiger partial charge is 0.0638 e. The Bertz CT molecular complexity index is 91.2. The van der Waals surface area contributed by atoms with Gasteiger partial charge in [-0.2, -0.15) is 5.26 Å². The van der Waals surface area contributed by atoms with Gasteiger partial charge in [-0.1, -0.05) is 0 Å². The zero-order valence-corrected chi connectivity index (χ0v) is 5.68. The Morgan fingerprint density at radius 2 is 2.12 bits per heavy atom. The van der Waals surface area contributed by atoms with Crippen molar-refractivity contribution in [3.8, 4) is 6.07 Å². The first-order valence-electron chi connectivity index (χ1n) is 2.72. The van der Waals surface area contributed by atoms with Crippen LogP contribution in [0, 0.1) is 11.3 Å². The third kappa shape index (κ3) is 2.59. The molecule has 0 aromatic rings. The highest BCUT2D eigenvalue weighted by Gasteiger charge is 2.00. The van der Waals surface area contributed by atoms with Crippen LogP contribution in [0.4, 0.5) is 0 Å². The van der Waals surface area contributed by atoms with Crippen molar-refractivity contribution in [1.29, 1.82) is 5.26 Å². The van der Waals surface area contributed by atoms with E-state index < -0.39 is 0 Å².